The van der Waals surface area contributed by atoms with E-state index in [2.05, 4.69) is 9.97 Å². The van der Waals surface area contributed by atoms with Crippen LogP contribution in [0.15, 0.2) is 41.5 Å². The van der Waals surface area contributed by atoms with Gasteiger partial charge in [-0.05, 0) is 6.07 Å². The number of hydrogen-bond donors (Lipinski definition) is 2. The number of nitrogens with zero attached hydrogens (tertiary/aromatic N) is 1. The number of para-hydroxylation sites is 1. The molecule has 0 aliphatic heterocycles. The van der Waals surface area contributed by atoms with Gasteiger partial charge in [0.1, 0.15) is 5.75 Å². The van der Waals surface area contributed by atoms with Gasteiger partial charge in [-0.15, -0.1) is 0 Å². The highest BCUT2D eigenvalue weighted by atomic mass is 16.5. The maximum atomic E-state index is 11.0. The van der Waals surface area contributed by atoms with Crippen LogP contribution in [0.4, 0.5) is 0 Å². The molecule has 0 fully saturated rings. The Bertz CT molecular complexity index is 537. The summed E-state index contributed by atoms with van der Waals surface area (Å²) in [6.07, 6.45) is 1.26. The molecule has 0 amide bonds. The maximum Gasteiger partial charge on any atom is 0.254 e. The van der Waals surface area contributed by atoms with Crippen molar-refractivity contribution in [2.45, 2.75) is 6.61 Å². The maximum absolute atomic E-state index is 11.0. The minimum atomic E-state index is -0.286. The Labute approximate surface area is 91.4 Å². The second kappa shape index (κ2) is 4.59. The number of aromatic amines is 1. The van der Waals surface area contributed by atoms with E-state index in [9.17, 15) is 4.79 Å². The number of aromatic nitrogens is 2. The molecule has 0 bridgehead atoms. The molecule has 0 aliphatic rings. The van der Waals surface area contributed by atoms with Crippen LogP contribution in [0, 0.1) is 0 Å². The van der Waals surface area contributed by atoms with Gasteiger partial charge in [0.05, 0.1) is 19.0 Å². The largest absolute Gasteiger partial charge is 0.438 e. The molecule has 0 radical (unpaired) electrons. The molecule has 2 N–H and O–H groups in total. The first-order valence-corrected chi connectivity index (χ1v) is 4.71. The molecule has 1 aromatic heterocycles. The lowest BCUT2D eigenvalue weighted by Gasteiger charge is -2.07. The lowest BCUT2D eigenvalue weighted by Crippen LogP contribution is -2.04. The number of benzene rings is 1. The molecule has 82 valence electrons. The zero-order valence-electron chi connectivity index (χ0n) is 8.38. The Morgan fingerprint density at radius 1 is 1.38 bits per heavy atom. The fourth-order valence-electron chi connectivity index (χ4n) is 1.25. The predicted octanol–water partition coefficient (Wildman–Crippen LogP) is 1.05. The van der Waals surface area contributed by atoms with Crippen molar-refractivity contribution in [3.63, 3.8) is 0 Å². The smallest absolute Gasteiger partial charge is 0.254 e. The van der Waals surface area contributed by atoms with Crippen molar-refractivity contribution in [1.82, 2.24) is 9.97 Å². The van der Waals surface area contributed by atoms with Gasteiger partial charge in [0.15, 0.2) is 0 Å². The predicted molar refractivity (Wildman–Crippen MR) is 57.3 cm³/mol. The average Bonchev–Trinajstić information content (AvgIpc) is 2.30. The van der Waals surface area contributed by atoms with Crippen LogP contribution < -0.4 is 10.3 Å². The number of hydrogen-bond acceptors (Lipinski definition) is 4. The third kappa shape index (κ3) is 2.26. The van der Waals surface area contributed by atoms with E-state index in [1.807, 2.05) is 0 Å². The van der Waals surface area contributed by atoms with E-state index in [1.165, 1.54) is 12.4 Å². The van der Waals surface area contributed by atoms with Crippen molar-refractivity contribution in [2.24, 2.45) is 0 Å². The molecule has 16 heavy (non-hydrogen) atoms. The van der Waals surface area contributed by atoms with Gasteiger partial charge in [-0.2, -0.15) is 0 Å². The molecule has 0 atom stereocenters. The van der Waals surface area contributed by atoms with E-state index in [-0.39, 0.29) is 18.0 Å². The van der Waals surface area contributed by atoms with Gasteiger partial charge in [0, 0.05) is 5.56 Å². The molecule has 5 nitrogen and oxygen atoms in total. The Morgan fingerprint density at radius 2 is 2.19 bits per heavy atom. The van der Waals surface area contributed by atoms with E-state index in [1.54, 1.807) is 24.3 Å². The first-order chi connectivity index (χ1) is 7.79. The summed E-state index contributed by atoms with van der Waals surface area (Å²) in [5.74, 6) is 0.688. The average molecular weight is 218 g/mol. The van der Waals surface area contributed by atoms with E-state index in [4.69, 9.17) is 9.84 Å². The lowest BCUT2D eigenvalue weighted by molar-refractivity contribution is 0.276. The van der Waals surface area contributed by atoms with Crippen LogP contribution in [0.3, 0.4) is 0 Å². The minimum absolute atomic E-state index is 0.126. The van der Waals surface area contributed by atoms with Crippen LogP contribution in [-0.2, 0) is 6.61 Å². The van der Waals surface area contributed by atoms with E-state index >= 15 is 0 Å². The summed E-state index contributed by atoms with van der Waals surface area (Å²) < 4.78 is 5.39. The summed E-state index contributed by atoms with van der Waals surface area (Å²) in [5, 5.41) is 9.08. The molecule has 1 aromatic carbocycles. The van der Waals surface area contributed by atoms with Crippen LogP contribution >= 0.6 is 0 Å². The molecule has 2 aromatic rings. The van der Waals surface area contributed by atoms with Crippen molar-refractivity contribution in [2.75, 3.05) is 0 Å². The van der Waals surface area contributed by atoms with Crippen LogP contribution in [0.2, 0.25) is 0 Å². The zero-order chi connectivity index (χ0) is 11.4. The second-order valence-corrected chi connectivity index (χ2v) is 3.12. The number of H-pyrrole nitrogens is 1. The third-order valence-corrected chi connectivity index (χ3v) is 2.01. The van der Waals surface area contributed by atoms with Crippen LogP contribution in [0.25, 0.3) is 0 Å². The van der Waals surface area contributed by atoms with Gasteiger partial charge in [-0.25, -0.2) is 4.98 Å². The Morgan fingerprint density at radius 3 is 2.94 bits per heavy atom. The molecule has 0 aliphatic carbocycles. The topological polar surface area (TPSA) is 75.2 Å². The third-order valence-electron chi connectivity index (χ3n) is 2.01. The van der Waals surface area contributed by atoms with Crippen molar-refractivity contribution >= 4 is 0 Å². The Balaban J connectivity index is 2.30. The number of aliphatic hydroxyl groups excluding tert-OH is 1. The summed E-state index contributed by atoms with van der Waals surface area (Å²) in [5.41, 5.74) is 0.357. The minimum Gasteiger partial charge on any atom is -0.438 e. The van der Waals surface area contributed by atoms with Crippen molar-refractivity contribution in [3.05, 3.63) is 52.6 Å². The monoisotopic (exact) mass is 218 g/mol. The molecule has 0 spiro atoms. The lowest BCUT2D eigenvalue weighted by atomic mass is 10.2. The van der Waals surface area contributed by atoms with E-state index in [0.29, 0.717) is 11.3 Å². The first-order valence-electron chi connectivity index (χ1n) is 4.71. The molecule has 5 heteroatoms. The standard InChI is InChI=1S/C11H10N2O3/c14-6-8-3-1-2-4-9(8)16-11-5-10(15)12-7-13-11/h1-5,7,14H,6H2,(H,12,13,15). The second-order valence-electron chi connectivity index (χ2n) is 3.12. The summed E-state index contributed by atoms with van der Waals surface area (Å²) >= 11 is 0. The molecule has 0 saturated carbocycles. The van der Waals surface area contributed by atoms with Gasteiger partial charge in [0.2, 0.25) is 5.88 Å². The van der Waals surface area contributed by atoms with Gasteiger partial charge in [-0.3, -0.25) is 4.79 Å². The van der Waals surface area contributed by atoms with Crippen LogP contribution in [0.5, 0.6) is 11.6 Å². The molecule has 2 rings (SSSR count). The molecule has 1 heterocycles. The molecular formula is C11H10N2O3. The van der Waals surface area contributed by atoms with Gasteiger partial charge >= 0.3 is 0 Å². The number of aliphatic hydroxyl groups is 1. The number of ether oxygens (including phenoxy) is 1. The Hall–Kier alpha value is -2.14. The highest BCUT2D eigenvalue weighted by Crippen LogP contribution is 2.22. The van der Waals surface area contributed by atoms with E-state index < -0.39 is 0 Å². The number of nitrogens with one attached hydrogen (secondary N) is 1. The highest BCUT2D eigenvalue weighted by Gasteiger charge is 2.04. The normalized spacial score (nSPS) is 10.1. The molecular weight excluding hydrogens is 208 g/mol. The summed E-state index contributed by atoms with van der Waals surface area (Å²) in [6, 6.07) is 8.26. The first kappa shape index (κ1) is 10.4. The highest BCUT2D eigenvalue weighted by molar-refractivity contribution is 5.35. The fourth-order valence-corrected chi connectivity index (χ4v) is 1.25. The van der Waals surface area contributed by atoms with Gasteiger partial charge in [0.25, 0.3) is 5.56 Å². The molecule has 0 unspecified atom stereocenters. The quantitative estimate of drug-likeness (QED) is 0.807. The van der Waals surface area contributed by atoms with Crippen LogP contribution in [-0.4, -0.2) is 15.1 Å². The summed E-state index contributed by atoms with van der Waals surface area (Å²) in [7, 11) is 0. The SMILES string of the molecule is O=c1cc(Oc2ccccc2CO)nc[nH]1. The summed E-state index contributed by atoms with van der Waals surface area (Å²) in [4.78, 5) is 17.3. The zero-order valence-corrected chi connectivity index (χ0v) is 8.38. The number of rotatable bonds is 3. The van der Waals surface area contributed by atoms with Crippen molar-refractivity contribution < 1.29 is 9.84 Å². The fraction of sp³-hybridized carbons (Fsp3) is 0.0909. The van der Waals surface area contributed by atoms with Gasteiger partial charge in [-0.1, -0.05) is 18.2 Å². The van der Waals surface area contributed by atoms with Crippen LogP contribution in [0.1, 0.15) is 5.56 Å². The van der Waals surface area contributed by atoms with Gasteiger partial charge < -0.3 is 14.8 Å². The van der Waals surface area contributed by atoms with E-state index in [0.717, 1.165) is 0 Å². The summed E-state index contributed by atoms with van der Waals surface area (Å²) in [6.45, 7) is -0.126. The molecule has 0 saturated heterocycles. The van der Waals surface area contributed by atoms with Crippen molar-refractivity contribution in [1.29, 1.82) is 0 Å². The Kier molecular flexibility index (Phi) is 2.98. The van der Waals surface area contributed by atoms with Crippen molar-refractivity contribution in [3.8, 4) is 11.6 Å².